The highest BCUT2D eigenvalue weighted by Gasteiger charge is 2.39. The Morgan fingerprint density at radius 3 is 2.69 bits per heavy atom. The largest absolute Gasteiger partial charge is 0.486 e. The van der Waals surface area contributed by atoms with Crippen LogP contribution in [0.15, 0.2) is 77.9 Å². The van der Waals surface area contributed by atoms with Crippen LogP contribution < -0.4 is 5.32 Å². The number of hydrogen-bond acceptors (Lipinski definition) is 10. The van der Waals surface area contributed by atoms with E-state index < -0.39 is 6.23 Å². The van der Waals surface area contributed by atoms with Crippen LogP contribution in [0.25, 0.3) is 5.70 Å². The normalized spacial score (nSPS) is 24.2. The average Bonchev–Trinajstić information content (AvgIpc) is 3.64. The summed E-state index contributed by atoms with van der Waals surface area (Å²) in [4.78, 5) is 29.1. The Hall–Kier alpha value is -4.10. The number of carbonyl (C=O) groups excluding carboxylic acids is 1. The van der Waals surface area contributed by atoms with E-state index in [2.05, 4.69) is 5.32 Å². The zero-order valence-electron chi connectivity index (χ0n) is 25.1. The Morgan fingerprint density at radius 2 is 1.93 bits per heavy atom. The second kappa shape index (κ2) is 12.4. The van der Waals surface area contributed by atoms with E-state index in [1.807, 2.05) is 55.1 Å². The SMILES string of the molecule is CC1CN(C(=O)CN2C=CN3C2=NC(c2ncc(Cc4ccc(F)cc4C4CN4)s2)=C(OCc2ccccc2)C3O)C[C@H](C)O1. The number of benzene rings is 2. The first-order valence-electron chi connectivity index (χ1n) is 15.1. The number of carbonyl (C=O) groups is 1. The average molecular weight is 631 g/mol. The zero-order chi connectivity index (χ0) is 31.1. The number of aromatic nitrogens is 1. The van der Waals surface area contributed by atoms with Crippen LogP contribution in [0.2, 0.25) is 0 Å². The van der Waals surface area contributed by atoms with Gasteiger partial charge in [0, 0.05) is 55.6 Å². The summed E-state index contributed by atoms with van der Waals surface area (Å²) in [5.74, 6) is 0.404. The molecule has 4 atom stereocenters. The molecule has 4 aliphatic heterocycles. The van der Waals surface area contributed by atoms with Crippen LogP contribution in [-0.4, -0.2) is 81.3 Å². The summed E-state index contributed by atoms with van der Waals surface area (Å²) >= 11 is 1.45. The van der Waals surface area contributed by atoms with Crippen molar-refractivity contribution in [3.63, 3.8) is 0 Å². The first-order chi connectivity index (χ1) is 21.8. The number of nitrogens with zero attached hydrogens (tertiary/aromatic N) is 5. The van der Waals surface area contributed by atoms with Gasteiger partial charge >= 0.3 is 0 Å². The number of morpholine rings is 1. The molecule has 0 bridgehead atoms. The number of rotatable bonds is 9. The summed E-state index contributed by atoms with van der Waals surface area (Å²) in [5, 5.41) is 15.4. The van der Waals surface area contributed by atoms with Crippen molar-refractivity contribution in [1.82, 2.24) is 25.0 Å². The molecule has 0 saturated carbocycles. The van der Waals surface area contributed by atoms with Crippen molar-refractivity contribution in [3.8, 4) is 0 Å². The molecule has 2 fully saturated rings. The van der Waals surface area contributed by atoms with Crippen LogP contribution >= 0.6 is 11.3 Å². The van der Waals surface area contributed by atoms with Crippen molar-refractivity contribution < 1.29 is 23.8 Å². The van der Waals surface area contributed by atoms with Gasteiger partial charge in [0.2, 0.25) is 11.9 Å². The number of ether oxygens (including phenoxy) is 2. The van der Waals surface area contributed by atoms with Gasteiger partial charge in [-0.15, -0.1) is 11.3 Å². The summed E-state index contributed by atoms with van der Waals surface area (Å²) in [7, 11) is 0. The quantitative estimate of drug-likeness (QED) is 0.344. The number of aliphatic hydroxyl groups excluding tert-OH is 1. The molecule has 4 aliphatic rings. The third kappa shape index (κ3) is 6.36. The molecule has 1 amide bonds. The molecule has 1 aromatic heterocycles. The van der Waals surface area contributed by atoms with Crippen molar-refractivity contribution in [3.05, 3.63) is 105 Å². The molecule has 2 N–H and O–H groups in total. The van der Waals surface area contributed by atoms with Gasteiger partial charge in [-0.25, -0.2) is 14.4 Å². The lowest BCUT2D eigenvalue weighted by atomic mass is 10.0. The number of amides is 1. The molecule has 0 spiro atoms. The van der Waals surface area contributed by atoms with Gasteiger partial charge in [-0.3, -0.25) is 9.69 Å². The van der Waals surface area contributed by atoms with Crippen molar-refractivity contribution in [2.45, 2.75) is 51.4 Å². The molecule has 3 unspecified atom stereocenters. The van der Waals surface area contributed by atoms with Crippen LogP contribution in [0.3, 0.4) is 0 Å². The number of hydrogen-bond donors (Lipinski definition) is 2. The minimum atomic E-state index is -1.17. The smallest absolute Gasteiger partial charge is 0.242 e. The number of halogens is 1. The maximum atomic E-state index is 14.0. The number of aliphatic hydroxyl groups is 1. The van der Waals surface area contributed by atoms with E-state index in [1.165, 1.54) is 17.4 Å². The molecule has 7 rings (SSSR count). The van der Waals surface area contributed by atoms with Crippen LogP contribution in [0, 0.1) is 5.82 Å². The molecule has 2 saturated heterocycles. The molecule has 5 heterocycles. The highest BCUT2D eigenvalue weighted by molar-refractivity contribution is 7.12. The maximum absolute atomic E-state index is 14.0. The first-order valence-corrected chi connectivity index (χ1v) is 15.9. The lowest BCUT2D eigenvalue weighted by Gasteiger charge is -2.37. The summed E-state index contributed by atoms with van der Waals surface area (Å²) < 4.78 is 26.1. The third-order valence-corrected chi connectivity index (χ3v) is 9.17. The van der Waals surface area contributed by atoms with E-state index in [0.29, 0.717) is 36.2 Å². The van der Waals surface area contributed by atoms with Crippen molar-refractivity contribution in [1.29, 1.82) is 0 Å². The van der Waals surface area contributed by atoms with Gasteiger partial charge in [-0.05, 0) is 42.7 Å². The molecular weight excluding hydrogens is 595 g/mol. The molecule has 0 aliphatic carbocycles. The van der Waals surface area contributed by atoms with Crippen molar-refractivity contribution in [2.24, 2.45) is 4.99 Å². The van der Waals surface area contributed by atoms with E-state index in [1.54, 1.807) is 34.5 Å². The van der Waals surface area contributed by atoms with Gasteiger partial charge in [0.05, 0.1) is 12.2 Å². The van der Waals surface area contributed by atoms with Crippen molar-refractivity contribution >= 4 is 28.9 Å². The zero-order valence-corrected chi connectivity index (χ0v) is 25.9. The maximum Gasteiger partial charge on any atom is 0.242 e. The van der Waals surface area contributed by atoms with E-state index in [4.69, 9.17) is 19.5 Å². The fourth-order valence-electron chi connectivity index (χ4n) is 5.95. The Morgan fingerprint density at radius 1 is 1.16 bits per heavy atom. The third-order valence-electron chi connectivity index (χ3n) is 8.17. The van der Waals surface area contributed by atoms with Crippen LogP contribution in [-0.2, 0) is 27.3 Å². The van der Waals surface area contributed by atoms with Gasteiger partial charge in [-0.2, -0.15) is 0 Å². The summed E-state index contributed by atoms with van der Waals surface area (Å²) in [5.41, 5.74) is 3.36. The van der Waals surface area contributed by atoms with Gasteiger partial charge in [0.1, 0.15) is 29.7 Å². The minimum absolute atomic E-state index is 0.0401. The van der Waals surface area contributed by atoms with E-state index in [9.17, 15) is 14.3 Å². The van der Waals surface area contributed by atoms with Crippen LogP contribution in [0.5, 0.6) is 0 Å². The van der Waals surface area contributed by atoms with E-state index >= 15 is 0 Å². The monoisotopic (exact) mass is 630 g/mol. The Bertz CT molecular complexity index is 1660. The Kier molecular flexibility index (Phi) is 8.13. The lowest BCUT2D eigenvalue weighted by Crippen LogP contribution is -2.52. The second-order valence-corrected chi connectivity index (χ2v) is 12.9. The number of guanidine groups is 1. The molecule has 3 aromatic rings. The lowest BCUT2D eigenvalue weighted by molar-refractivity contribution is -0.143. The Labute approximate surface area is 265 Å². The van der Waals surface area contributed by atoms with E-state index in [0.717, 1.165) is 28.1 Å². The Balaban J connectivity index is 1.18. The fourth-order valence-corrected chi connectivity index (χ4v) is 6.88. The van der Waals surface area contributed by atoms with E-state index in [-0.39, 0.29) is 48.9 Å². The minimum Gasteiger partial charge on any atom is -0.486 e. The number of aliphatic imine (C=N–C) groups is 1. The predicted molar refractivity (Wildman–Crippen MR) is 168 cm³/mol. The molecule has 0 radical (unpaired) electrons. The number of nitrogens with one attached hydrogen (secondary N) is 1. The van der Waals surface area contributed by atoms with Gasteiger partial charge in [-0.1, -0.05) is 36.4 Å². The van der Waals surface area contributed by atoms with Gasteiger partial charge in [0.15, 0.2) is 12.0 Å². The topological polar surface area (TPSA) is 113 Å². The summed E-state index contributed by atoms with van der Waals surface area (Å²) in [6.07, 6.45) is 4.59. The van der Waals surface area contributed by atoms with Crippen LogP contribution in [0.4, 0.5) is 4.39 Å². The molecule has 45 heavy (non-hydrogen) atoms. The fraction of sp³-hybridized carbons (Fsp3) is 0.364. The molecule has 2 aromatic carbocycles. The standard InChI is InChI=1S/C33H35FN6O4S/c1-20-16-39(17-21(2)44-20)28(41)18-38-10-11-40-32(42)30(43-19-22-6-4-3-5-7-22)29(37-33(38)40)31-36-14-25(45-31)12-23-8-9-24(34)13-26(23)27-15-35-27/h3-11,13-14,20-21,27,32,35,42H,12,15-19H2,1-2H3/t20-,21?,27?,32?/m0/s1. The van der Waals surface area contributed by atoms with Gasteiger partial charge < -0.3 is 29.7 Å². The molecule has 234 valence electrons. The molecule has 10 nitrogen and oxygen atoms in total. The number of thiazole rings is 1. The summed E-state index contributed by atoms with van der Waals surface area (Å²) in [6, 6.07) is 14.8. The molecular formula is C33H35FN6O4S. The molecule has 12 heteroatoms. The second-order valence-electron chi connectivity index (χ2n) is 11.8. The highest BCUT2D eigenvalue weighted by Crippen LogP contribution is 2.36. The van der Waals surface area contributed by atoms with Crippen molar-refractivity contribution in [2.75, 3.05) is 26.2 Å². The van der Waals surface area contributed by atoms with Crippen LogP contribution in [0.1, 0.15) is 46.5 Å². The highest BCUT2D eigenvalue weighted by atomic mass is 32.1. The number of fused-ring (bicyclic) bond motifs is 1. The van der Waals surface area contributed by atoms with Gasteiger partial charge in [0.25, 0.3) is 0 Å². The first kappa shape index (κ1) is 29.6. The predicted octanol–water partition coefficient (Wildman–Crippen LogP) is 3.82. The summed E-state index contributed by atoms with van der Waals surface area (Å²) in [6.45, 7) is 6.11.